The molecular weight excluding hydrogens is 144 g/mol. The highest BCUT2D eigenvalue weighted by molar-refractivity contribution is 5.59. The van der Waals surface area contributed by atoms with Gasteiger partial charge in [-0.2, -0.15) is 0 Å². The molecule has 0 aliphatic carbocycles. The SMILES string of the molecule is C=CNc1nc[nH]c(=O)c1N. The van der Waals surface area contributed by atoms with Crippen LogP contribution in [-0.4, -0.2) is 9.97 Å². The fourth-order valence-electron chi connectivity index (χ4n) is 0.622. The van der Waals surface area contributed by atoms with Crippen molar-refractivity contribution in [3.05, 3.63) is 29.5 Å². The molecule has 0 spiro atoms. The minimum absolute atomic E-state index is 0.0624. The Morgan fingerprint density at radius 1 is 1.82 bits per heavy atom. The number of rotatable bonds is 2. The van der Waals surface area contributed by atoms with Crippen molar-refractivity contribution in [1.82, 2.24) is 9.97 Å². The summed E-state index contributed by atoms with van der Waals surface area (Å²) in [5, 5.41) is 2.62. The minimum Gasteiger partial charge on any atom is -0.391 e. The number of H-pyrrole nitrogens is 1. The second kappa shape index (κ2) is 2.87. The van der Waals surface area contributed by atoms with Gasteiger partial charge in [0.2, 0.25) is 0 Å². The van der Waals surface area contributed by atoms with Gasteiger partial charge in [0.1, 0.15) is 5.69 Å². The summed E-state index contributed by atoms with van der Waals surface area (Å²) in [7, 11) is 0. The molecule has 0 saturated heterocycles. The van der Waals surface area contributed by atoms with E-state index in [4.69, 9.17) is 5.73 Å². The predicted molar refractivity (Wildman–Crippen MR) is 43.1 cm³/mol. The van der Waals surface area contributed by atoms with Crippen molar-refractivity contribution in [2.24, 2.45) is 0 Å². The second-order valence-electron chi connectivity index (χ2n) is 1.84. The third-order valence-electron chi connectivity index (χ3n) is 1.13. The fraction of sp³-hybridized carbons (Fsp3) is 0. The standard InChI is InChI=1S/C6H8N4O/c1-2-8-5-4(7)6(11)10-3-9-5/h2-3H,1,7H2,(H2,8,9,10,11). The lowest BCUT2D eigenvalue weighted by Gasteiger charge is -1.99. The summed E-state index contributed by atoms with van der Waals surface area (Å²) in [6.07, 6.45) is 2.67. The quantitative estimate of drug-likeness (QED) is 0.552. The lowest BCUT2D eigenvalue weighted by atomic mass is 10.5. The molecule has 0 atom stereocenters. The van der Waals surface area contributed by atoms with E-state index in [-0.39, 0.29) is 11.2 Å². The maximum absolute atomic E-state index is 10.8. The highest BCUT2D eigenvalue weighted by Crippen LogP contribution is 2.05. The van der Waals surface area contributed by atoms with Crippen LogP contribution in [0.5, 0.6) is 0 Å². The molecule has 0 amide bonds. The molecule has 0 fully saturated rings. The monoisotopic (exact) mass is 152 g/mol. The number of hydrogen-bond donors (Lipinski definition) is 3. The number of aromatic amines is 1. The first-order chi connectivity index (χ1) is 5.25. The Balaban J connectivity index is 3.16. The van der Waals surface area contributed by atoms with Gasteiger partial charge in [-0.05, 0) is 6.20 Å². The minimum atomic E-state index is -0.357. The highest BCUT2D eigenvalue weighted by Gasteiger charge is 2.00. The van der Waals surface area contributed by atoms with E-state index < -0.39 is 0 Å². The predicted octanol–water partition coefficient (Wildman–Crippen LogP) is -0.0925. The maximum Gasteiger partial charge on any atom is 0.276 e. The van der Waals surface area contributed by atoms with Crippen LogP contribution in [0.15, 0.2) is 23.9 Å². The zero-order valence-corrected chi connectivity index (χ0v) is 5.79. The summed E-state index contributed by atoms with van der Waals surface area (Å²) >= 11 is 0. The van der Waals surface area contributed by atoms with E-state index >= 15 is 0 Å². The van der Waals surface area contributed by atoms with Crippen molar-refractivity contribution in [2.75, 3.05) is 11.1 Å². The summed E-state index contributed by atoms with van der Waals surface area (Å²) in [4.78, 5) is 16.9. The number of aromatic nitrogens is 2. The number of hydrogen-bond acceptors (Lipinski definition) is 4. The molecule has 5 heteroatoms. The first-order valence-electron chi connectivity index (χ1n) is 2.96. The van der Waals surface area contributed by atoms with E-state index in [2.05, 4.69) is 21.9 Å². The third kappa shape index (κ3) is 1.37. The fourth-order valence-corrected chi connectivity index (χ4v) is 0.622. The molecule has 0 unspecified atom stereocenters. The first-order valence-corrected chi connectivity index (χ1v) is 2.96. The molecule has 5 nitrogen and oxygen atoms in total. The molecule has 11 heavy (non-hydrogen) atoms. The number of nitrogens with two attached hydrogens (primary N) is 1. The van der Waals surface area contributed by atoms with Crippen molar-refractivity contribution < 1.29 is 0 Å². The molecule has 1 rings (SSSR count). The van der Waals surface area contributed by atoms with Crippen LogP contribution < -0.4 is 16.6 Å². The van der Waals surface area contributed by atoms with Gasteiger partial charge in [0.25, 0.3) is 5.56 Å². The van der Waals surface area contributed by atoms with Gasteiger partial charge in [-0.25, -0.2) is 4.98 Å². The molecule has 1 aromatic heterocycles. The van der Waals surface area contributed by atoms with Gasteiger partial charge in [-0.3, -0.25) is 4.79 Å². The number of anilines is 2. The van der Waals surface area contributed by atoms with Crippen LogP contribution >= 0.6 is 0 Å². The molecule has 1 aromatic rings. The van der Waals surface area contributed by atoms with E-state index in [9.17, 15) is 4.79 Å². The van der Waals surface area contributed by atoms with Crippen LogP contribution in [0.2, 0.25) is 0 Å². The normalized spacial score (nSPS) is 9.09. The molecule has 0 radical (unpaired) electrons. The van der Waals surface area contributed by atoms with Gasteiger partial charge in [0.15, 0.2) is 5.82 Å². The van der Waals surface area contributed by atoms with Gasteiger partial charge in [-0.1, -0.05) is 6.58 Å². The van der Waals surface area contributed by atoms with E-state index in [1.807, 2.05) is 0 Å². The topological polar surface area (TPSA) is 83.8 Å². The number of nitrogens with one attached hydrogen (secondary N) is 2. The number of nitrogen functional groups attached to an aromatic ring is 1. The summed E-state index contributed by atoms with van der Waals surface area (Å²) in [6, 6.07) is 0. The van der Waals surface area contributed by atoms with Crippen LogP contribution in [-0.2, 0) is 0 Å². The Morgan fingerprint density at radius 3 is 3.18 bits per heavy atom. The van der Waals surface area contributed by atoms with Crippen LogP contribution in [0, 0.1) is 0 Å². The van der Waals surface area contributed by atoms with E-state index in [1.165, 1.54) is 12.5 Å². The van der Waals surface area contributed by atoms with Crippen LogP contribution in [0.25, 0.3) is 0 Å². The third-order valence-corrected chi connectivity index (χ3v) is 1.13. The van der Waals surface area contributed by atoms with Crippen molar-refractivity contribution in [1.29, 1.82) is 0 Å². The smallest absolute Gasteiger partial charge is 0.276 e. The second-order valence-corrected chi connectivity index (χ2v) is 1.84. The van der Waals surface area contributed by atoms with Crippen LogP contribution in [0.4, 0.5) is 11.5 Å². The van der Waals surface area contributed by atoms with E-state index in [0.717, 1.165) is 0 Å². The van der Waals surface area contributed by atoms with Crippen molar-refractivity contribution in [3.8, 4) is 0 Å². The average Bonchev–Trinajstić information content (AvgIpc) is 1.99. The molecule has 0 saturated carbocycles. The molecule has 4 N–H and O–H groups in total. The zero-order chi connectivity index (χ0) is 8.27. The Labute approximate surface area is 63.0 Å². The van der Waals surface area contributed by atoms with Crippen molar-refractivity contribution >= 4 is 11.5 Å². The summed E-state index contributed by atoms with van der Waals surface area (Å²) in [5.74, 6) is 0.323. The van der Waals surface area contributed by atoms with Crippen molar-refractivity contribution in [2.45, 2.75) is 0 Å². The van der Waals surface area contributed by atoms with E-state index in [1.54, 1.807) is 0 Å². The average molecular weight is 152 g/mol. The Kier molecular flexibility index (Phi) is 1.91. The van der Waals surface area contributed by atoms with Gasteiger partial charge in [0.05, 0.1) is 6.33 Å². The van der Waals surface area contributed by atoms with Crippen LogP contribution in [0.1, 0.15) is 0 Å². The molecule has 58 valence electrons. The van der Waals surface area contributed by atoms with Crippen LogP contribution in [0.3, 0.4) is 0 Å². The molecule has 1 heterocycles. The Hall–Kier alpha value is -1.78. The van der Waals surface area contributed by atoms with Gasteiger partial charge in [-0.15, -0.1) is 0 Å². The van der Waals surface area contributed by atoms with E-state index in [0.29, 0.717) is 5.82 Å². The summed E-state index contributed by atoms with van der Waals surface area (Å²) in [6.45, 7) is 3.41. The Morgan fingerprint density at radius 2 is 2.55 bits per heavy atom. The van der Waals surface area contributed by atoms with Crippen molar-refractivity contribution in [3.63, 3.8) is 0 Å². The molecular formula is C6H8N4O. The van der Waals surface area contributed by atoms with Gasteiger partial charge < -0.3 is 16.0 Å². The summed E-state index contributed by atoms with van der Waals surface area (Å²) < 4.78 is 0. The maximum atomic E-state index is 10.8. The largest absolute Gasteiger partial charge is 0.391 e. The zero-order valence-electron chi connectivity index (χ0n) is 5.79. The molecule has 0 aromatic carbocycles. The lowest BCUT2D eigenvalue weighted by Crippen LogP contribution is -2.14. The molecule has 0 bridgehead atoms. The highest BCUT2D eigenvalue weighted by atomic mass is 16.1. The van der Waals surface area contributed by atoms with Gasteiger partial charge >= 0.3 is 0 Å². The lowest BCUT2D eigenvalue weighted by molar-refractivity contribution is 1.13. The molecule has 0 aliphatic rings. The molecule has 0 aliphatic heterocycles. The van der Waals surface area contributed by atoms with Gasteiger partial charge in [0, 0.05) is 0 Å². The summed E-state index contributed by atoms with van der Waals surface area (Å²) in [5.41, 5.74) is 5.06. The Bertz CT molecular complexity index is 317. The first kappa shape index (κ1) is 7.33. The number of nitrogens with zero attached hydrogens (tertiary/aromatic N) is 1.